The Labute approximate surface area is 124 Å². The summed E-state index contributed by atoms with van der Waals surface area (Å²) in [4.78, 5) is 35.8. The molecule has 0 aliphatic rings. The van der Waals surface area contributed by atoms with Crippen LogP contribution in [0.25, 0.3) is 17.0 Å². The molecule has 0 atom stereocenters. The van der Waals surface area contributed by atoms with Gasteiger partial charge in [0, 0.05) is 23.1 Å². The van der Waals surface area contributed by atoms with E-state index in [1.54, 1.807) is 13.0 Å². The second-order valence-electron chi connectivity index (χ2n) is 4.26. The molecule has 8 heteroatoms. The Balaban J connectivity index is 2.73. The molecule has 0 bridgehead atoms. The van der Waals surface area contributed by atoms with Gasteiger partial charge in [0.1, 0.15) is 11.2 Å². The molecule has 2 rings (SSSR count). The summed E-state index contributed by atoms with van der Waals surface area (Å²) in [7, 11) is 0. The quantitative estimate of drug-likeness (QED) is 0.378. The summed E-state index contributed by atoms with van der Waals surface area (Å²) in [5, 5.41) is 20.2. The van der Waals surface area contributed by atoms with Crippen molar-refractivity contribution >= 4 is 34.6 Å². The van der Waals surface area contributed by atoms with E-state index in [1.807, 2.05) is 0 Å². The predicted molar refractivity (Wildman–Crippen MR) is 77.6 cm³/mol. The van der Waals surface area contributed by atoms with Crippen LogP contribution in [-0.2, 0) is 9.53 Å². The Morgan fingerprint density at radius 2 is 2.18 bits per heavy atom. The van der Waals surface area contributed by atoms with E-state index < -0.39 is 16.9 Å². The molecule has 0 fully saturated rings. The van der Waals surface area contributed by atoms with Crippen molar-refractivity contribution in [3.8, 4) is 0 Å². The number of hydrogen-bond acceptors (Lipinski definition) is 5. The molecule has 0 radical (unpaired) electrons. The van der Waals surface area contributed by atoms with Crippen LogP contribution in [-0.4, -0.2) is 33.6 Å². The van der Waals surface area contributed by atoms with Crippen LogP contribution in [0.2, 0.25) is 0 Å². The van der Waals surface area contributed by atoms with Crippen molar-refractivity contribution in [3.63, 3.8) is 0 Å². The summed E-state index contributed by atoms with van der Waals surface area (Å²) in [5.41, 5.74) is 0.141. The summed E-state index contributed by atoms with van der Waals surface area (Å²) >= 11 is 0. The van der Waals surface area contributed by atoms with E-state index in [4.69, 9.17) is 9.84 Å². The highest BCUT2D eigenvalue weighted by Crippen LogP contribution is 2.31. The van der Waals surface area contributed by atoms with Crippen molar-refractivity contribution in [2.45, 2.75) is 6.92 Å². The van der Waals surface area contributed by atoms with Crippen molar-refractivity contribution in [1.82, 2.24) is 4.98 Å². The summed E-state index contributed by atoms with van der Waals surface area (Å²) < 4.78 is 4.88. The molecule has 0 aliphatic carbocycles. The monoisotopic (exact) mass is 304 g/mol. The number of hydrogen-bond donors (Lipinski definition) is 2. The van der Waals surface area contributed by atoms with Gasteiger partial charge < -0.3 is 14.8 Å². The van der Waals surface area contributed by atoms with Gasteiger partial charge in [0.15, 0.2) is 0 Å². The van der Waals surface area contributed by atoms with Gasteiger partial charge in [-0.05, 0) is 13.0 Å². The molecule has 1 aromatic heterocycles. The second-order valence-corrected chi connectivity index (χ2v) is 4.26. The molecule has 2 aromatic rings. The lowest BCUT2D eigenvalue weighted by atomic mass is 10.1. The summed E-state index contributed by atoms with van der Waals surface area (Å²) in [6, 6.07) is 4.31. The molecule has 0 unspecified atom stereocenters. The lowest BCUT2D eigenvalue weighted by molar-refractivity contribution is -0.383. The highest BCUT2D eigenvalue weighted by atomic mass is 16.6. The van der Waals surface area contributed by atoms with Crippen LogP contribution in [0.5, 0.6) is 0 Å². The van der Waals surface area contributed by atoms with E-state index >= 15 is 0 Å². The van der Waals surface area contributed by atoms with Crippen LogP contribution in [0.15, 0.2) is 24.3 Å². The second kappa shape index (κ2) is 6.08. The van der Waals surface area contributed by atoms with Crippen LogP contribution in [0.4, 0.5) is 5.69 Å². The SMILES string of the molecule is CCOC(=O)c1[nH]c2c([N+](=O)[O-])cccc2c1C=CC(=O)O. The highest BCUT2D eigenvalue weighted by molar-refractivity contribution is 6.06. The number of aromatic amines is 1. The molecule has 0 spiro atoms. The minimum Gasteiger partial charge on any atom is -0.478 e. The number of para-hydroxylation sites is 1. The number of esters is 1. The van der Waals surface area contributed by atoms with Gasteiger partial charge >= 0.3 is 11.9 Å². The average molecular weight is 304 g/mol. The van der Waals surface area contributed by atoms with E-state index in [2.05, 4.69) is 4.98 Å². The van der Waals surface area contributed by atoms with E-state index in [9.17, 15) is 19.7 Å². The average Bonchev–Trinajstić information content (AvgIpc) is 2.83. The van der Waals surface area contributed by atoms with Crippen LogP contribution in [0.3, 0.4) is 0 Å². The molecule has 22 heavy (non-hydrogen) atoms. The number of carbonyl (C=O) groups is 2. The summed E-state index contributed by atoms with van der Waals surface area (Å²) in [5.74, 6) is -1.91. The Bertz CT molecular complexity index is 790. The zero-order chi connectivity index (χ0) is 16.3. The number of H-pyrrole nitrogens is 1. The minimum atomic E-state index is -1.20. The number of nitrogens with zero attached hydrogens (tertiary/aromatic N) is 1. The molecular formula is C14H12N2O6. The van der Waals surface area contributed by atoms with Crippen LogP contribution in [0.1, 0.15) is 23.0 Å². The number of fused-ring (bicyclic) bond motifs is 1. The first-order chi connectivity index (χ1) is 10.5. The normalized spacial score (nSPS) is 11.0. The number of aliphatic carboxylic acids is 1. The van der Waals surface area contributed by atoms with E-state index in [0.717, 1.165) is 6.08 Å². The van der Waals surface area contributed by atoms with E-state index in [0.29, 0.717) is 5.39 Å². The Morgan fingerprint density at radius 1 is 1.45 bits per heavy atom. The third-order valence-electron chi connectivity index (χ3n) is 2.92. The zero-order valence-electron chi connectivity index (χ0n) is 11.5. The maximum Gasteiger partial charge on any atom is 0.355 e. The fourth-order valence-corrected chi connectivity index (χ4v) is 2.07. The third-order valence-corrected chi connectivity index (χ3v) is 2.92. The van der Waals surface area contributed by atoms with Gasteiger partial charge in [0.2, 0.25) is 0 Å². The largest absolute Gasteiger partial charge is 0.478 e. The Morgan fingerprint density at radius 3 is 2.77 bits per heavy atom. The fourth-order valence-electron chi connectivity index (χ4n) is 2.07. The third kappa shape index (κ3) is 2.80. The van der Waals surface area contributed by atoms with Gasteiger partial charge in [-0.15, -0.1) is 0 Å². The van der Waals surface area contributed by atoms with Crippen LogP contribution < -0.4 is 0 Å². The lowest BCUT2D eigenvalue weighted by Crippen LogP contribution is -2.06. The lowest BCUT2D eigenvalue weighted by Gasteiger charge is -2.00. The van der Waals surface area contributed by atoms with Gasteiger partial charge in [-0.25, -0.2) is 9.59 Å². The maximum atomic E-state index is 12.0. The van der Waals surface area contributed by atoms with Crippen LogP contribution >= 0.6 is 0 Å². The molecule has 8 nitrogen and oxygen atoms in total. The van der Waals surface area contributed by atoms with Gasteiger partial charge in [-0.2, -0.15) is 0 Å². The number of nitrogens with one attached hydrogen (secondary N) is 1. The highest BCUT2D eigenvalue weighted by Gasteiger charge is 2.22. The van der Waals surface area contributed by atoms with Crippen molar-refractivity contribution in [2.24, 2.45) is 0 Å². The fraction of sp³-hybridized carbons (Fsp3) is 0.143. The predicted octanol–water partition coefficient (Wildman–Crippen LogP) is 2.35. The summed E-state index contributed by atoms with van der Waals surface area (Å²) in [6.45, 7) is 1.74. The standard InChI is InChI=1S/C14H12N2O6/c1-2-22-14(19)13-9(6-7-11(17)18)8-4-3-5-10(16(20)21)12(8)15-13/h3-7,15H,2H2,1H3,(H,17,18). The topological polar surface area (TPSA) is 123 Å². The summed E-state index contributed by atoms with van der Waals surface area (Å²) in [6.07, 6.45) is 2.06. The number of nitro groups is 1. The maximum absolute atomic E-state index is 12.0. The zero-order valence-corrected chi connectivity index (χ0v) is 11.5. The molecule has 0 saturated heterocycles. The van der Waals surface area contributed by atoms with Gasteiger partial charge in [-0.3, -0.25) is 10.1 Å². The number of carboxylic acid groups (broad SMARTS) is 1. The first-order valence-corrected chi connectivity index (χ1v) is 6.33. The molecule has 1 heterocycles. The van der Waals surface area contributed by atoms with Crippen molar-refractivity contribution in [1.29, 1.82) is 0 Å². The van der Waals surface area contributed by atoms with Gasteiger partial charge in [0.25, 0.3) is 5.69 Å². The molecule has 0 aliphatic heterocycles. The van der Waals surface area contributed by atoms with E-state index in [1.165, 1.54) is 18.2 Å². The van der Waals surface area contributed by atoms with Gasteiger partial charge in [0.05, 0.1) is 11.5 Å². The number of carboxylic acids is 1. The van der Waals surface area contributed by atoms with Crippen LogP contribution in [0, 0.1) is 10.1 Å². The molecule has 2 N–H and O–H groups in total. The van der Waals surface area contributed by atoms with Gasteiger partial charge in [-0.1, -0.05) is 12.1 Å². The molecular weight excluding hydrogens is 292 g/mol. The minimum absolute atomic E-state index is 0.0244. The number of rotatable bonds is 5. The Kier molecular flexibility index (Phi) is 4.21. The number of benzene rings is 1. The molecule has 0 amide bonds. The number of nitro benzene ring substituents is 1. The Hall–Kier alpha value is -3.16. The number of aromatic nitrogens is 1. The molecule has 1 aromatic carbocycles. The smallest absolute Gasteiger partial charge is 0.355 e. The first-order valence-electron chi connectivity index (χ1n) is 6.33. The van der Waals surface area contributed by atoms with Crippen molar-refractivity contribution in [2.75, 3.05) is 6.61 Å². The molecule has 0 saturated carbocycles. The van der Waals surface area contributed by atoms with Crippen molar-refractivity contribution in [3.05, 3.63) is 45.6 Å². The first kappa shape index (κ1) is 15.2. The van der Waals surface area contributed by atoms with E-state index in [-0.39, 0.29) is 29.1 Å². The number of ether oxygens (including phenoxy) is 1. The number of carbonyl (C=O) groups excluding carboxylic acids is 1. The van der Waals surface area contributed by atoms with Crippen molar-refractivity contribution < 1.29 is 24.4 Å². The number of non-ortho nitro benzene ring substituents is 1. The molecule has 114 valence electrons.